The second kappa shape index (κ2) is 9.07. The topological polar surface area (TPSA) is 87.8 Å². The van der Waals surface area contributed by atoms with Gasteiger partial charge in [-0.25, -0.2) is 0 Å². The lowest BCUT2D eigenvalue weighted by atomic mass is 10.2. The number of nitrogens with one attached hydrogen (secondary N) is 1. The number of anilines is 2. The Labute approximate surface area is 133 Å². The number of nitrogens with zero attached hydrogens (tertiary/aromatic N) is 1. The maximum Gasteiger partial charge on any atom is 0.238 e. The molecule has 0 bridgehead atoms. The van der Waals surface area contributed by atoms with Crippen LogP contribution >= 0.6 is 23.2 Å². The number of aliphatic hydroxyl groups excluding tert-OH is 1. The first kappa shape index (κ1) is 18.0. The van der Waals surface area contributed by atoms with Crippen LogP contribution in [-0.2, 0) is 9.53 Å². The highest BCUT2D eigenvalue weighted by atomic mass is 35.5. The van der Waals surface area contributed by atoms with Crippen LogP contribution < -0.4 is 11.1 Å². The minimum absolute atomic E-state index is 0.0408. The molecule has 0 unspecified atom stereocenters. The average Bonchev–Trinajstić information content (AvgIpc) is 2.40. The number of carbonyl (C=O) groups is 1. The number of methoxy groups -OCH3 is 1. The number of ether oxygens (including phenoxy) is 1. The number of nitrogens with two attached hydrogens (primary N) is 1. The van der Waals surface area contributed by atoms with Crippen molar-refractivity contribution in [3.8, 4) is 0 Å². The third-order valence-corrected chi connectivity index (χ3v) is 3.26. The molecule has 1 amide bonds. The molecule has 0 heterocycles. The van der Waals surface area contributed by atoms with E-state index in [-0.39, 0.29) is 24.1 Å². The molecule has 0 saturated heterocycles. The van der Waals surface area contributed by atoms with Gasteiger partial charge in [0.05, 0.1) is 36.2 Å². The maximum atomic E-state index is 12.0. The van der Waals surface area contributed by atoms with E-state index in [9.17, 15) is 4.79 Å². The molecule has 1 rings (SSSR count). The number of hydrogen-bond donors (Lipinski definition) is 3. The summed E-state index contributed by atoms with van der Waals surface area (Å²) < 4.78 is 4.96. The van der Waals surface area contributed by atoms with Gasteiger partial charge in [-0.15, -0.1) is 0 Å². The summed E-state index contributed by atoms with van der Waals surface area (Å²) in [6.07, 6.45) is 0. The standard InChI is InChI=1S/C13H19Cl2N3O3/c1-21-5-3-18(2-4-19)8-12(20)17-13-10(15)6-9(14)7-11(13)16/h6-7,19H,2-5,8,16H2,1H3,(H,17,20). The average molecular weight is 336 g/mol. The first-order valence-corrected chi connectivity index (χ1v) is 7.10. The van der Waals surface area contributed by atoms with Crippen LogP contribution in [0, 0.1) is 0 Å². The van der Waals surface area contributed by atoms with E-state index in [0.717, 1.165) is 0 Å². The molecule has 0 aliphatic rings. The van der Waals surface area contributed by atoms with E-state index in [0.29, 0.717) is 36.1 Å². The molecule has 6 nitrogen and oxygen atoms in total. The summed E-state index contributed by atoms with van der Waals surface area (Å²) in [7, 11) is 1.57. The third kappa shape index (κ3) is 6.07. The van der Waals surface area contributed by atoms with Crippen molar-refractivity contribution in [3.05, 3.63) is 22.2 Å². The molecule has 118 valence electrons. The summed E-state index contributed by atoms with van der Waals surface area (Å²) in [6, 6.07) is 3.02. The molecule has 0 aliphatic carbocycles. The zero-order valence-electron chi connectivity index (χ0n) is 11.7. The van der Waals surface area contributed by atoms with Crippen LogP contribution in [-0.4, -0.2) is 55.9 Å². The minimum Gasteiger partial charge on any atom is -0.397 e. The highest BCUT2D eigenvalue weighted by Crippen LogP contribution is 2.31. The normalized spacial score (nSPS) is 10.9. The Hall–Kier alpha value is -1.05. The molecule has 0 radical (unpaired) electrons. The van der Waals surface area contributed by atoms with Crippen LogP contribution in [0.4, 0.5) is 11.4 Å². The fraction of sp³-hybridized carbons (Fsp3) is 0.462. The molecule has 0 aromatic heterocycles. The fourth-order valence-corrected chi connectivity index (χ4v) is 2.30. The Kier molecular flexibility index (Phi) is 7.77. The van der Waals surface area contributed by atoms with Gasteiger partial charge in [0.2, 0.25) is 5.91 Å². The van der Waals surface area contributed by atoms with Gasteiger partial charge < -0.3 is 20.9 Å². The van der Waals surface area contributed by atoms with Crippen LogP contribution in [0.25, 0.3) is 0 Å². The molecule has 21 heavy (non-hydrogen) atoms. The smallest absolute Gasteiger partial charge is 0.238 e. The van der Waals surface area contributed by atoms with Crippen molar-refractivity contribution in [1.82, 2.24) is 4.90 Å². The summed E-state index contributed by atoms with van der Waals surface area (Å²) in [5.74, 6) is -0.282. The van der Waals surface area contributed by atoms with Gasteiger partial charge in [-0.05, 0) is 12.1 Å². The van der Waals surface area contributed by atoms with Crippen molar-refractivity contribution in [3.63, 3.8) is 0 Å². The second-order valence-electron chi connectivity index (χ2n) is 4.39. The summed E-state index contributed by atoms with van der Waals surface area (Å²) in [5.41, 5.74) is 6.42. The van der Waals surface area contributed by atoms with Gasteiger partial charge in [0.25, 0.3) is 0 Å². The largest absolute Gasteiger partial charge is 0.397 e. The second-order valence-corrected chi connectivity index (χ2v) is 5.24. The van der Waals surface area contributed by atoms with Gasteiger partial charge >= 0.3 is 0 Å². The Bertz CT molecular complexity index is 463. The van der Waals surface area contributed by atoms with Gasteiger partial charge in [-0.2, -0.15) is 0 Å². The van der Waals surface area contributed by atoms with Crippen molar-refractivity contribution in [2.24, 2.45) is 0 Å². The van der Waals surface area contributed by atoms with Crippen LogP contribution in [0.15, 0.2) is 12.1 Å². The number of carbonyl (C=O) groups excluding carboxylic acids is 1. The highest BCUT2D eigenvalue weighted by molar-refractivity contribution is 6.37. The van der Waals surface area contributed by atoms with E-state index >= 15 is 0 Å². The number of amides is 1. The van der Waals surface area contributed by atoms with E-state index in [1.165, 1.54) is 12.1 Å². The summed E-state index contributed by atoms with van der Waals surface area (Å²) >= 11 is 11.8. The van der Waals surface area contributed by atoms with Gasteiger partial charge in [0, 0.05) is 25.2 Å². The monoisotopic (exact) mass is 335 g/mol. The lowest BCUT2D eigenvalue weighted by Crippen LogP contribution is -2.37. The van der Waals surface area contributed by atoms with Crippen LogP contribution in [0.1, 0.15) is 0 Å². The SMILES string of the molecule is COCCN(CCO)CC(=O)Nc1c(N)cc(Cl)cc1Cl. The van der Waals surface area contributed by atoms with E-state index < -0.39 is 0 Å². The number of hydrogen-bond acceptors (Lipinski definition) is 5. The van der Waals surface area contributed by atoms with Crippen molar-refractivity contribution < 1.29 is 14.6 Å². The number of aliphatic hydroxyl groups is 1. The zero-order valence-corrected chi connectivity index (χ0v) is 13.2. The van der Waals surface area contributed by atoms with Crippen LogP contribution in [0.3, 0.4) is 0 Å². The van der Waals surface area contributed by atoms with Gasteiger partial charge in [0.1, 0.15) is 0 Å². The van der Waals surface area contributed by atoms with E-state index in [1.807, 2.05) is 0 Å². The van der Waals surface area contributed by atoms with Crippen molar-refractivity contribution in [2.45, 2.75) is 0 Å². The van der Waals surface area contributed by atoms with E-state index in [2.05, 4.69) is 5.32 Å². The molecule has 4 N–H and O–H groups in total. The fourth-order valence-electron chi connectivity index (χ4n) is 1.74. The minimum atomic E-state index is -0.282. The molecule has 0 fully saturated rings. The van der Waals surface area contributed by atoms with Gasteiger partial charge in [0.15, 0.2) is 0 Å². The molecular weight excluding hydrogens is 317 g/mol. The molecule has 1 aromatic carbocycles. The molecule has 1 aromatic rings. The van der Waals surface area contributed by atoms with E-state index in [4.69, 9.17) is 38.8 Å². The first-order chi connectivity index (χ1) is 9.97. The predicted octanol–water partition coefficient (Wildman–Crippen LogP) is 1.45. The Morgan fingerprint density at radius 3 is 2.71 bits per heavy atom. The molecular formula is C13H19Cl2N3O3. The zero-order chi connectivity index (χ0) is 15.8. The van der Waals surface area contributed by atoms with Crippen molar-refractivity contribution in [2.75, 3.05) is 51.0 Å². The number of nitrogen functional groups attached to an aromatic ring is 1. The molecule has 0 atom stereocenters. The molecule has 0 aliphatic heterocycles. The highest BCUT2D eigenvalue weighted by Gasteiger charge is 2.14. The first-order valence-electron chi connectivity index (χ1n) is 6.34. The quantitative estimate of drug-likeness (QED) is 0.626. The Morgan fingerprint density at radius 2 is 2.14 bits per heavy atom. The lowest BCUT2D eigenvalue weighted by Gasteiger charge is -2.20. The summed E-state index contributed by atoms with van der Waals surface area (Å²) in [6.45, 7) is 1.44. The number of rotatable bonds is 8. The number of benzene rings is 1. The molecule has 0 spiro atoms. The lowest BCUT2D eigenvalue weighted by molar-refractivity contribution is -0.117. The van der Waals surface area contributed by atoms with Gasteiger partial charge in [-0.3, -0.25) is 9.69 Å². The van der Waals surface area contributed by atoms with Crippen molar-refractivity contribution in [1.29, 1.82) is 0 Å². The molecule has 8 heteroatoms. The van der Waals surface area contributed by atoms with Gasteiger partial charge in [-0.1, -0.05) is 23.2 Å². The Morgan fingerprint density at radius 1 is 1.43 bits per heavy atom. The van der Waals surface area contributed by atoms with Crippen LogP contribution in [0.5, 0.6) is 0 Å². The van der Waals surface area contributed by atoms with Crippen molar-refractivity contribution >= 4 is 40.5 Å². The molecule has 0 saturated carbocycles. The summed E-state index contributed by atoms with van der Waals surface area (Å²) in [5, 5.41) is 12.3. The maximum absolute atomic E-state index is 12.0. The third-order valence-electron chi connectivity index (χ3n) is 2.75. The predicted molar refractivity (Wildman–Crippen MR) is 84.9 cm³/mol. The summed E-state index contributed by atoms with van der Waals surface area (Å²) in [4.78, 5) is 13.8. The van der Waals surface area contributed by atoms with Crippen LogP contribution in [0.2, 0.25) is 10.0 Å². The van der Waals surface area contributed by atoms with E-state index in [1.54, 1.807) is 12.0 Å². The number of halogens is 2. The Balaban J connectivity index is 2.67.